The minimum absolute atomic E-state index is 0.219. The molecule has 0 saturated carbocycles. The summed E-state index contributed by atoms with van der Waals surface area (Å²) in [6.45, 7) is 3.27. The molecule has 1 aliphatic heterocycles. The third kappa shape index (κ3) is 2.31. The van der Waals surface area contributed by atoms with Crippen LogP contribution in [0.5, 0.6) is 5.88 Å². The summed E-state index contributed by atoms with van der Waals surface area (Å²) in [4.78, 5) is 27.7. The zero-order chi connectivity index (χ0) is 11.5. The fourth-order valence-corrected chi connectivity index (χ4v) is 1.75. The zero-order valence-electron chi connectivity index (χ0n) is 8.71. The number of H-pyrrole nitrogens is 2. The quantitative estimate of drug-likeness (QED) is 0.439. The van der Waals surface area contributed by atoms with Crippen LogP contribution < -0.4 is 16.1 Å². The van der Waals surface area contributed by atoms with Crippen LogP contribution >= 0.6 is 0 Å². The second-order valence-corrected chi connectivity index (χ2v) is 3.77. The lowest BCUT2D eigenvalue weighted by Gasteiger charge is -2.23. The summed E-state index contributed by atoms with van der Waals surface area (Å²) in [7, 11) is 0. The first-order valence-electron chi connectivity index (χ1n) is 5.12. The summed E-state index contributed by atoms with van der Waals surface area (Å²) in [5.41, 5.74) is -1.00. The Labute approximate surface area is 90.7 Å². The number of nitrogens with one attached hydrogen (secondary N) is 3. The van der Waals surface area contributed by atoms with Crippen molar-refractivity contribution in [2.75, 3.05) is 26.3 Å². The number of hydrogen-bond donors (Lipinski definition) is 4. The number of aromatic nitrogens is 2. The van der Waals surface area contributed by atoms with Gasteiger partial charge in [-0.15, -0.1) is 0 Å². The van der Waals surface area contributed by atoms with Crippen molar-refractivity contribution in [2.45, 2.75) is 6.54 Å². The molecule has 1 saturated heterocycles. The molecule has 1 aromatic rings. The Hall–Kier alpha value is -1.60. The van der Waals surface area contributed by atoms with E-state index in [2.05, 4.69) is 9.97 Å². The van der Waals surface area contributed by atoms with Crippen LogP contribution in [0.3, 0.4) is 0 Å². The van der Waals surface area contributed by atoms with Crippen molar-refractivity contribution >= 4 is 0 Å². The first-order valence-corrected chi connectivity index (χ1v) is 5.12. The largest absolute Gasteiger partial charge is 0.494 e. The van der Waals surface area contributed by atoms with Gasteiger partial charge in [0.25, 0.3) is 5.56 Å². The Morgan fingerprint density at radius 3 is 2.56 bits per heavy atom. The number of hydrogen-bond acceptors (Lipinski definition) is 4. The van der Waals surface area contributed by atoms with Gasteiger partial charge in [-0.25, -0.2) is 4.79 Å². The van der Waals surface area contributed by atoms with Gasteiger partial charge in [-0.2, -0.15) is 0 Å². The van der Waals surface area contributed by atoms with E-state index in [4.69, 9.17) is 4.74 Å². The van der Waals surface area contributed by atoms with Crippen molar-refractivity contribution in [3.8, 4) is 5.88 Å². The van der Waals surface area contributed by atoms with Crippen LogP contribution in [-0.2, 0) is 11.3 Å². The highest BCUT2D eigenvalue weighted by Gasteiger charge is 2.19. The molecule has 4 N–H and O–H groups in total. The van der Waals surface area contributed by atoms with Gasteiger partial charge in [-0.3, -0.25) is 14.8 Å². The first-order chi connectivity index (χ1) is 7.66. The first kappa shape index (κ1) is 10.9. The molecule has 0 aromatic carbocycles. The lowest BCUT2D eigenvalue weighted by molar-refractivity contribution is -0.921. The van der Waals surface area contributed by atoms with E-state index in [0.717, 1.165) is 18.0 Å². The lowest BCUT2D eigenvalue weighted by Crippen LogP contribution is -3.13. The van der Waals surface area contributed by atoms with Crippen LogP contribution in [0.15, 0.2) is 9.59 Å². The Balaban J connectivity index is 2.20. The summed E-state index contributed by atoms with van der Waals surface area (Å²) in [6.07, 6.45) is 0. The van der Waals surface area contributed by atoms with E-state index in [0.29, 0.717) is 19.8 Å². The summed E-state index contributed by atoms with van der Waals surface area (Å²) >= 11 is 0. The van der Waals surface area contributed by atoms with Gasteiger partial charge in [0.1, 0.15) is 25.2 Å². The molecule has 0 atom stereocenters. The molecule has 88 valence electrons. The van der Waals surface area contributed by atoms with Crippen molar-refractivity contribution in [3.05, 3.63) is 26.4 Å². The van der Waals surface area contributed by atoms with Gasteiger partial charge >= 0.3 is 5.69 Å². The van der Waals surface area contributed by atoms with Gasteiger partial charge in [0.05, 0.1) is 13.2 Å². The summed E-state index contributed by atoms with van der Waals surface area (Å²) in [5.74, 6) is -0.340. The Morgan fingerprint density at radius 2 is 1.94 bits per heavy atom. The Morgan fingerprint density at radius 1 is 1.25 bits per heavy atom. The topological polar surface area (TPSA) is 99.6 Å². The molecule has 7 nitrogen and oxygen atoms in total. The average Bonchev–Trinajstić information content (AvgIpc) is 2.25. The van der Waals surface area contributed by atoms with Crippen molar-refractivity contribution < 1.29 is 14.7 Å². The molecular weight excluding hydrogens is 214 g/mol. The molecule has 0 bridgehead atoms. The van der Waals surface area contributed by atoms with Crippen LogP contribution in [0, 0.1) is 0 Å². The summed E-state index contributed by atoms with van der Waals surface area (Å²) < 4.78 is 5.19. The fraction of sp³-hybridized carbons (Fsp3) is 0.556. The normalized spacial score (nSPS) is 17.5. The van der Waals surface area contributed by atoms with E-state index in [1.807, 2.05) is 0 Å². The monoisotopic (exact) mass is 228 g/mol. The highest BCUT2D eigenvalue weighted by atomic mass is 16.5. The molecule has 0 unspecified atom stereocenters. The van der Waals surface area contributed by atoms with Crippen molar-refractivity contribution in [2.24, 2.45) is 0 Å². The number of aromatic hydroxyl groups is 1. The predicted octanol–water partition coefficient (Wildman–Crippen LogP) is -2.82. The maximum Gasteiger partial charge on any atom is 0.328 e. The third-order valence-corrected chi connectivity index (χ3v) is 2.65. The van der Waals surface area contributed by atoms with Gasteiger partial charge in [0, 0.05) is 0 Å². The summed E-state index contributed by atoms with van der Waals surface area (Å²) in [5, 5.41) is 9.48. The van der Waals surface area contributed by atoms with Gasteiger partial charge in [-0.05, 0) is 0 Å². The van der Waals surface area contributed by atoms with Crippen LogP contribution in [0.2, 0.25) is 0 Å². The zero-order valence-corrected chi connectivity index (χ0v) is 8.71. The summed E-state index contributed by atoms with van der Waals surface area (Å²) in [6, 6.07) is 0. The number of aromatic amines is 2. The van der Waals surface area contributed by atoms with Crippen molar-refractivity contribution in [1.29, 1.82) is 0 Å². The molecular formula is C9H14N3O4+. The van der Waals surface area contributed by atoms with Gasteiger partial charge < -0.3 is 14.7 Å². The molecule has 16 heavy (non-hydrogen) atoms. The van der Waals surface area contributed by atoms with E-state index in [1.165, 1.54) is 0 Å². The van der Waals surface area contributed by atoms with E-state index in [1.54, 1.807) is 0 Å². The minimum atomic E-state index is -0.691. The smallest absolute Gasteiger partial charge is 0.328 e. The molecule has 2 rings (SSSR count). The third-order valence-electron chi connectivity index (χ3n) is 2.65. The molecule has 0 aliphatic carbocycles. The van der Waals surface area contributed by atoms with Gasteiger partial charge in [0.2, 0.25) is 5.88 Å². The molecule has 1 fully saturated rings. The van der Waals surface area contributed by atoms with Crippen LogP contribution in [0.4, 0.5) is 0 Å². The predicted molar refractivity (Wildman–Crippen MR) is 54.6 cm³/mol. The number of quaternary nitrogens is 1. The van der Waals surface area contributed by atoms with E-state index in [-0.39, 0.29) is 11.4 Å². The Bertz CT molecular complexity index is 472. The van der Waals surface area contributed by atoms with Crippen LogP contribution in [0.1, 0.15) is 5.56 Å². The highest BCUT2D eigenvalue weighted by Crippen LogP contribution is 2.02. The lowest BCUT2D eigenvalue weighted by atomic mass is 10.2. The second kappa shape index (κ2) is 4.50. The maximum absolute atomic E-state index is 11.5. The molecule has 1 aromatic heterocycles. The second-order valence-electron chi connectivity index (χ2n) is 3.77. The SMILES string of the molecule is O=c1[nH]c(O)c(C[NH+]2CCOCC2)c(=O)[nH]1. The fourth-order valence-electron chi connectivity index (χ4n) is 1.75. The molecule has 0 amide bonds. The van der Waals surface area contributed by atoms with Crippen molar-refractivity contribution in [3.63, 3.8) is 0 Å². The Kier molecular flexibility index (Phi) is 3.07. The number of rotatable bonds is 2. The van der Waals surface area contributed by atoms with E-state index in [9.17, 15) is 14.7 Å². The van der Waals surface area contributed by atoms with E-state index < -0.39 is 11.2 Å². The van der Waals surface area contributed by atoms with Crippen LogP contribution in [-0.4, -0.2) is 41.4 Å². The van der Waals surface area contributed by atoms with Crippen molar-refractivity contribution in [1.82, 2.24) is 9.97 Å². The minimum Gasteiger partial charge on any atom is -0.494 e. The number of morpholine rings is 1. The molecule has 1 aliphatic rings. The van der Waals surface area contributed by atoms with Crippen LogP contribution in [0.25, 0.3) is 0 Å². The molecule has 7 heteroatoms. The molecule has 0 spiro atoms. The standard InChI is InChI=1S/C9H13N3O4/c13-7-6(8(14)11-9(15)10-7)5-12-1-3-16-4-2-12/h1-5H2,(H3,10,11,13,14,15)/p+1. The average molecular weight is 228 g/mol. The molecule has 0 radical (unpaired) electrons. The van der Waals surface area contributed by atoms with Gasteiger partial charge in [0.15, 0.2) is 0 Å². The maximum atomic E-state index is 11.5. The number of ether oxygens (including phenoxy) is 1. The van der Waals surface area contributed by atoms with E-state index >= 15 is 0 Å². The molecule has 2 heterocycles. The van der Waals surface area contributed by atoms with Gasteiger partial charge in [-0.1, -0.05) is 0 Å². The highest BCUT2D eigenvalue weighted by molar-refractivity contribution is 5.19.